The average molecular weight is 291 g/mol. The van der Waals surface area contributed by atoms with Crippen molar-refractivity contribution in [1.82, 2.24) is 0 Å². The molecule has 1 aromatic carbocycles. The number of hydrogen-bond acceptors (Lipinski definition) is 5. The molecular weight excluding hydrogens is 270 g/mol. The molecule has 6 nitrogen and oxygen atoms in total. The first kappa shape index (κ1) is 14.1. The fourth-order valence-electron chi connectivity index (χ4n) is 2.98. The predicted octanol–water partition coefficient (Wildman–Crippen LogP) is 3.01. The minimum absolute atomic E-state index is 0.109. The molecule has 2 fully saturated rings. The molecule has 1 saturated carbocycles. The number of rotatable bonds is 6. The summed E-state index contributed by atoms with van der Waals surface area (Å²) in [5.41, 5.74) is 1.68. The van der Waals surface area contributed by atoms with Crippen LogP contribution in [-0.2, 0) is 4.74 Å². The summed E-state index contributed by atoms with van der Waals surface area (Å²) in [5, 5.41) is 17.6. The highest BCUT2D eigenvalue weighted by Crippen LogP contribution is 2.40. The van der Waals surface area contributed by atoms with E-state index in [-0.39, 0.29) is 22.8 Å². The maximum atomic E-state index is 11.1. The van der Waals surface area contributed by atoms with Crippen molar-refractivity contribution >= 4 is 17.1 Å². The highest BCUT2D eigenvalue weighted by molar-refractivity contribution is 5.63. The minimum atomic E-state index is -0.352. The third-order valence-corrected chi connectivity index (χ3v) is 4.08. The van der Waals surface area contributed by atoms with Crippen molar-refractivity contribution in [2.45, 2.75) is 38.3 Å². The molecule has 6 heteroatoms. The van der Waals surface area contributed by atoms with Gasteiger partial charge in [0.2, 0.25) is 0 Å². The second-order valence-corrected chi connectivity index (χ2v) is 5.77. The quantitative estimate of drug-likeness (QED) is 0.622. The molecule has 3 rings (SSSR count). The Morgan fingerprint density at radius 3 is 2.71 bits per heavy atom. The third-order valence-electron chi connectivity index (χ3n) is 4.08. The highest BCUT2D eigenvalue weighted by atomic mass is 16.6. The summed E-state index contributed by atoms with van der Waals surface area (Å²) in [7, 11) is 0. The summed E-state index contributed by atoms with van der Waals surface area (Å²) in [6.07, 6.45) is 3.69. The zero-order valence-corrected chi connectivity index (χ0v) is 12.2. The van der Waals surface area contributed by atoms with Gasteiger partial charge in [0, 0.05) is 36.7 Å². The number of nitro benzene ring substituents is 1. The highest BCUT2D eigenvalue weighted by Gasteiger charge is 2.40. The van der Waals surface area contributed by atoms with Crippen LogP contribution in [0.5, 0.6) is 0 Å². The van der Waals surface area contributed by atoms with Crippen LogP contribution in [0.15, 0.2) is 18.2 Å². The van der Waals surface area contributed by atoms with E-state index in [4.69, 9.17) is 4.74 Å². The van der Waals surface area contributed by atoms with Crippen molar-refractivity contribution in [2.24, 2.45) is 5.92 Å². The van der Waals surface area contributed by atoms with E-state index >= 15 is 0 Å². The minimum Gasteiger partial charge on any atom is -0.385 e. The van der Waals surface area contributed by atoms with Gasteiger partial charge in [-0.2, -0.15) is 0 Å². The van der Waals surface area contributed by atoms with Crippen molar-refractivity contribution in [3.05, 3.63) is 28.3 Å². The van der Waals surface area contributed by atoms with E-state index < -0.39 is 0 Å². The number of nitro groups is 1. The van der Waals surface area contributed by atoms with Crippen LogP contribution < -0.4 is 10.6 Å². The molecule has 21 heavy (non-hydrogen) atoms. The summed E-state index contributed by atoms with van der Waals surface area (Å²) < 4.78 is 5.81. The topological polar surface area (TPSA) is 76.4 Å². The molecule has 0 amide bonds. The Morgan fingerprint density at radius 1 is 1.29 bits per heavy atom. The molecule has 1 saturated heterocycles. The van der Waals surface area contributed by atoms with Crippen LogP contribution in [0.25, 0.3) is 0 Å². The van der Waals surface area contributed by atoms with Crippen LogP contribution in [0.2, 0.25) is 0 Å². The summed E-state index contributed by atoms with van der Waals surface area (Å²) in [5.74, 6) is 0.664. The lowest BCUT2D eigenvalue weighted by Gasteiger charge is -2.21. The number of nitrogens with zero attached hydrogens (tertiary/aromatic N) is 1. The molecule has 0 bridgehead atoms. The fraction of sp³-hybridized carbons (Fsp3) is 0.600. The van der Waals surface area contributed by atoms with Crippen LogP contribution >= 0.6 is 0 Å². The molecule has 1 heterocycles. The van der Waals surface area contributed by atoms with Gasteiger partial charge in [-0.3, -0.25) is 10.1 Å². The maximum Gasteiger partial charge on any atom is 0.273 e. The summed E-state index contributed by atoms with van der Waals surface area (Å²) in [6, 6.07) is 5.36. The number of anilines is 2. The largest absolute Gasteiger partial charge is 0.385 e. The fourth-order valence-corrected chi connectivity index (χ4v) is 2.98. The second-order valence-electron chi connectivity index (χ2n) is 5.77. The van der Waals surface area contributed by atoms with E-state index in [2.05, 4.69) is 10.6 Å². The predicted molar refractivity (Wildman–Crippen MR) is 81.8 cm³/mol. The molecule has 114 valence electrons. The van der Waals surface area contributed by atoms with E-state index in [9.17, 15) is 10.1 Å². The summed E-state index contributed by atoms with van der Waals surface area (Å²) in [6.45, 7) is 3.48. The van der Waals surface area contributed by atoms with Crippen LogP contribution in [0, 0.1) is 16.0 Å². The molecule has 2 aliphatic rings. The Hall–Kier alpha value is -1.82. The average Bonchev–Trinajstić information content (AvgIpc) is 3.19. The van der Waals surface area contributed by atoms with Crippen LogP contribution in [0.3, 0.4) is 0 Å². The lowest BCUT2D eigenvalue weighted by Crippen LogP contribution is -2.30. The van der Waals surface area contributed by atoms with Crippen molar-refractivity contribution in [3.8, 4) is 0 Å². The zero-order chi connectivity index (χ0) is 14.8. The Bertz CT molecular complexity index is 531. The molecule has 0 aromatic heterocycles. The van der Waals surface area contributed by atoms with E-state index in [1.807, 2.05) is 13.0 Å². The van der Waals surface area contributed by atoms with Gasteiger partial charge in [0.1, 0.15) is 0 Å². The Morgan fingerprint density at radius 2 is 2.05 bits per heavy atom. The first-order valence-electron chi connectivity index (χ1n) is 7.59. The van der Waals surface area contributed by atoms with Crippen molar-refractivity contribution < 1.29 is 9.66 Å². The molecular formula is C15H21N3O3. The lowest BCUT2D eigenvalue weighted by molar-refractivity contribution is -0.384. The molecule has 1 aliphatic heterocycles. The van der Waals surface area contributed by atoms with Gasteiger partial charge in [0.15, 0.2) is 0 Å². The van der Waals surface area contributed by atoms with Gasteiger partial charge in [-0.1, -0.05) is 0 Å². The van der Waals surface area contributed by atoms with E-state index in [0.29, 0.717) is 5.92 Å². The van der Waals surface area contributed by atoms with E-state index in [0.717, 1.165) is 30.9 Å². The molecule has 2 unspecified atom stereocenters. The van der Waals surface area contributed by atoms with Crippen LogP contribution in [0.1, 0.15) is 26.2 Å². The van der Waals surface area contributed by atoms with Crippen molar-refractivity contribution in [1.29, 1.82) is 0 Å². The lowest BCUT2D eigenvalue weighted by atomic mass is 10.1. The second kappa shape index (κ2) is 5.89. The zero-order valence-electron chi connectivity index (χ0n) is 12.2. The van der Waals surface area contributed by atoms with Gasteiger partial charge < -0.3 is 15.4 Å². The molecule has 1 aromatic rings. The third kappa shape index (κ3) is 3.26. The van der Waals surface area contributed by atoms with E-state index in [1.165, 1.54) is 12.8 Å². The monoisotopic (exact) mass is 291 g/mol. The number of hydrogen-bond donors (Lipinski definition) is 2. The first-order valence-corrected chi connectivity index (χ1v) is 7.59. The van der Waals surface area contributed by atoms with Crippen molar-refractivity contribution in [2.75, 3.05) is 23.8 Å². The SMILES string of the molecule is CCNc1cc(NC2CCOC2C2CC2)cc([N+](=O)[O-])c1. The molecule has 0 spiro atoms. The Kier molecular flexibility index (Phi) is 3.96. The van der Waals surface area contributed by atoms with Crippen LogP contribution in [0.4, 0.5) is 17.1 Å². The van der Waals surface area contributed by atoms with Gasteiger partial charge in [0.05, 0.1) is 17.1 Å². The maximum absolute atomic E-state index is 11.1. The number of nitrogens with one attached hydrogen (secondary N) is 2. The molecule has 2 atom stereocenters. The Labute approximate surface area is 124 Å². The van der Waals surface area contributed by atoms with Gasteiger partial charge in [-0.25, -0.2) is 0 Å². The van der Waals surface area contributed by atoms with Crippen molar-refractivity contribution in [3.63, 3.8) is 0 Å². The molecule has 1 aliphatic carbocycles. The molecule has 0 radical (unpaired) electrons. The number of benzene rings is 1. The van der Waals surface area contributed by atoms with Gasteiger partial charge >= 0.3 is 0 Å². The normalized spacial score (nSPS) is 24.8. The summed E-state index contributed by atoms with van der Waals surface area (Å²) >= 11 is 0. The van der Waals surface area contributed by atoms with Crippen LogP contribution in [-0.4, -0.2) is 30.2 Å². The van der Waals surface area contributed by atoms with E-state index in [1.54, 1.807) is 12.1 Å². The van der Waals surface area contributed by atoms with Gasteiger partial charge in [-0.15, -0.1) is 0 Å². The number of non-ortho nitro benzene ring substituents is 1. The van der Waals surface area contributed by atoms with Gasteiger partial charge in [0.25, 0.3) is 5.69 Å². The molecule has 2 N–H and O–H groups in total. The first-order chi connectivity index (χ1) is 10.2. The standard InChI is InChI=1S/C15H21N3O3/c1-2-16-11-7-12(9-13(8-11)18(19)20)17-14-5-6-21-15(14)10-3-4-10/h7-10,14-17H,2-6H2,1H3. The Balaban J connectivity index is 1.78. The summed E-state index contributed by atoms with van der Waals surface area (Å²) in [4.78, 5) is 10.7. The number of ether oxygens (including phenoxy) is 1. The van der Waals surface area contributed by atoms with Gasteiger partial charge in [-0.05, 0) is 38.2 Å². The smallest absolute Gasteiger partial charge is 0.273 e.